The predicted molar refractivity (Wildman–Crippen MR) is 105 cm³/mol. The summed E-state index contributed by atoms with van der Waals surface area (Å²) >= 11 is 6.12. The lowest BCUT2D eigenvalue weighted by atomic mass is 10.0. The molecule has 0 amide bonds. The maximum Gasteiger partial charge on any atom is 0.341 e. The maximum absolute atomic E-state index is 12.6. The van der Waals surface area contributed by atoms with Crippen molar-refractivity contribution in [2.24, 2.45) is 0 Å². The summed E-state index contributed by atoms with van der Waals surface area (Å²) in [5.74, 6) is -0.788. The molecule has 29 heavy (non-hydrogen) atoms. The summed E-state index contributed by atoms with van der Waals surface area (Å²) in [6, 6.07) is 9.21. The van der Waals surface area contributed by atoms with Crippen molar-refractivity contribution in [2.45, 2.75) is 20.1 Å². The van der Waals surface area contributed by atoms with Crippen LogP contribution >= 0.6 is 11.6 Å². The fraction of sp³-hybridized carbons (Fsp3) is 0.150. The Morgan fingerprint density at radius 2 is 2.03 bits per heavy atom. The van der Waals surface area contributed by atoms with E-state index in [-0.39, 0.29) is 28.8 Å². The van der Waals surface area contributed by atoms with Gasteiger partial charge in [-0.05, 0) is 25.1 Å². The molecule has 0 atom stereocenters. The molecule has 3 rings (SSSR count). The van der Waals surface area contributed by atoms with E-state index < -0.39 is 17.0 Å². The van der Waals surface area contributed by atoms with Crippen LogP contribution in [-0.4, -0.2) is 25.6 Å². The van der Waals surface area contributed by atoms with Gasteiger partial charge in [-0.2, -0.15) is 5.26 Å². The van der Waals surface area contributed by atoms with Crippen LogP contribution in [0.3, 0.4) is 0 Å². The third kappa shape index (κ3) is 4.10. The van der Waals surface area contributed by atoms with Gasteiger partial charge in [0.1, 0.15) is 18.2 Å². The van der Waals surface area contributed by atoms with Crippen molar-refractivity contribution in [3.63, 3.8) is 0 Å². The number of nitriles is 1. The second-order valence-electron chi connectivity index (χ2n) is 5.88. The number of nitrogens with zero attached hydrogens (tertiary/aromatic N) is 4. The van der Waals surface area contributed by atoms with Crippen molar-refractivity contribution in [3.8, 4) is 23.2 Å². The molecular weight excluding hydrogens is 396 g/mol. The Morgan fingerprint density at radius 3 is 2.62 bits per heavy atom. The molecule has 0 bridgehead atoms. The third-order valence-electron chi connectivity index (χ3n) is 4.14. The lowest BCUT2D eigenvalue weighted by molar-refractivity contribution is 0.0695. The van der Waals surface area contributed by atoms with Crippen LogP contribution in [0.1, 0.15) is 28.7 Å². The number of carbonyl (C=O) groups is 1. The Bertz CT molecular complexity index is 1170. The minimum atomic E-state index is -1.37. The Hall–Kier alpha value is -3.70. The number of aromatic nitrogens is 3. The molecule has 8 nitrogen and oxygen atoms in total. The topological polar surface area (TPSA) is 118 Å². The number of hydrogen-bond donors (Lipinski definition) is 1. The van der Waals surface area contributed by atoms with Gasteiger partial charge in [0.05, 0.1) is 16.3 Å². The van der Waals surface area contributed by atoms with Gasteiger partial charge in [0.2, 0.25) is 5.43 Å². The number of halogens is 1. The van der Waals surface area contributed by atoms with E-state index in [2.05, 4.69) is 9.97 Å². The molecule has 2 heterocycles. The Morgan fingerprint density at radius 1 is 1.31 bits per heavy atom. The standard InChI is InChI=1S/C20H15ClN4O4/c1-2-25-17(29-11-16-23-6-3-7-24-16)9-15(26)18(20(27)28)19(25)12-4-5-13(10-22)14(21)8-12/h3-9H,2,11H2,1H3,(H,27,28). The molecule has 0 aliphatic carbocycles. The van der Waals surface area contributed by atoms with E-state index in [0.717, 1.165) is 6.07 Å². The van der Waals surface area contributed by atoms with Gasteiger partial charge in [-0.1, -0.05) is 17.7 Å². The largest absolute Gasteiger partial charge is 0.477 e. The molecule has 2 aromatic heterocycles. The summed E-state index contributed by atoms with van der Waals surface area (Å²) in [7, 11) is 0. The summed E-state index contributed by atoms with van der Waals surface area (Å²) in [4.78, 5) is 32.5. The molecule has 1 N–H and O–H groups in total. The van der Waals surface area contributed by atoms with E-state index in [1.54, 1.807) is 36.0 Å². The van der Waals surface area contributed by atoms with E-state index in [1.165, 1.54) is 12.1 Å². The highest BCUT2D eigenvalue weighted by molar-refractivity contribution is 6.32. The van der Waals surface area contributed by atoms with Crippen LogP contribution in [0.5, 0.6) is 5.88 Å². The summed E-state index contributed by atoms with van der Waals surface area (Å²) in [6.45, 7) is 2.11. The van der Waals surface area contributed by atoms with Gasteiger partial charge >= 0.3 is 5.97 Å². The van der Waals surface area contributed by atoms with Crippen molar-refractivity contribution in [1.29, 1.82) is 5.26 Å². The SMILES string of the molecule is CCn1c(OCc2ncccn2)cc(=O)c(C(=O)O)c1-c1ccc(C#N)c(Cl)c1. The molecule has 0 aliphatic heterocycles. The van der Waals surface area contributed by atoms with Gasteiger partial charge in [0.15, 0.2) is 11.7 Å². The fourth-order valence-electron chi connectivity index (χ4n) is 2.86. The Kier molecular flexibility index (Phi) is 5.90. The zero-order valence-electron chi connectivity index (χ0n) is 15.3. The number of benzene rings is 1. The van der Waals surface area contributed by atoms with E-state index in [9.17, 15) is 14.7 Å². The number of pyridine rings is 1. The number of ether oxygens (including phenoxy) is 1. The van der Waals surface area contributed by atoms with E-state index in [1.807, 2.05) is 6.07 Å². The predicted octanol–water partition coefficient (Wildman–Crippen LogP) is 3.13. The molecule has 0 saturated heterocycles. The van der Waals surface area contributed by atoms with Crippen LogP contribution in [0.4, 0.5) is 0 Å². The first-order chi connectivity index (χ1) is 14.0. The van der Waals surface area contributed by atoms with Crippen molar-refractivity contribution < 1.29 is 14.6 Å². The van der Waals surface area contributed by atoms with Crippen LogP contribution in [0.25, 0.3) is 11.3 Å². The summed E-state index contributed by atoms with van der Waals surface area (Å²) < 4.78 is 7.29. The van der Waals surface area contributed by atoms with Gasteiger partial charge in [0.25, 0.3) is 0 Å². The highest BCUT2D eigenvalue weighted by Crippen LogP contribution is 2.30. The van der Waals surface area contributed by atoms with E-state index >= 15 is 0 Å². The zero-order valence-corrected chi connectivity index (χ0v) is 16.1. The Balaban J connectivity index is 2.18. The average molecular weight is 411 g/mol. The van der Waals surface area contributed by atoms with Crippen molar-refractivity contribution in [1.82, 2.24) is 14.5 Å². The van der Waals surface area contributed by atoms with Crippen LogP contribution in [0, 0.1) is 11.3 Å². The highest BCUT2D eigenvalue weighted by Gasteiger charge is 2.23. The quantitative estimate of drug-likeness (QED) is 0.663. The van der Waals surface area contributed by atoms with E-state index in [4.69, 9.17) is 21.6 Å². The third-order valence-corrected chi connectivity index (χ3v) is 4.45. The normalized spacial score (nSPS) is 10.4. The molecule has 3 aromatic rings. The number of carboxylic acids is 1. The van der Waals surface area contributed by atoms with Crippen molar-refractivity contribution in [3.05, 3.63) is 74.9 Å². The molecular formula is C20H15ClN4O4. The molecule has 1 aromatic carbocycles. The molecule has 0 aliphatic rings. The molecule has 0 spiro atoms. The fourth-order valence-corrected chi connectivity index (χ4v) is 3.08. The number of rotatable bonds is 6. The molecule has 0 saturated carbocycles. The highest BCUT2D eigenvalue weighted by atomic mass is 35.5. The lowest BCUT2D eigenvalue weighted by Gasteiger charge is -2.19. The summed E-state index contributed by atoms with van der Waals surface area (Å²) in [5.41, 5.74) is -0.349. The van der Waals surface area contributed by atoms with Gasteiger partial charge in [-0.3, -0.25) is 4.79 Å². The van der Waals surface area contributed by atoms with Crippen LogP contribution in [0.15, 0.2) is 47.5 Å². The number of carboxylic acid groups (broad SMARTS) is 1. The van der Waals surface area contributed by atoms with Gasteiger partial charge in [-0.25, -0.2) is 14.8 Å². The van der Waals surface area contributed by atoms with E-state index in [0.29, 0.717) is 17.9 Å². The second-order valence-corrected chi connectivity index (χ2v) is 6.29. The summed E-state index contributed by atoms with van der Waals surface area (Å²) in [6.07, 6.45) is 3.13. The molecule has 9 heteroatoms. The van der Waals surface area contributed by atoms with Crippen LogP contribution in [-0.2, 0) is 13.2 Å². The van der Waals surface area contributed by atoms with Gasteiger partial charge < -0.3 is 14.4 Å². The average Bonchev–Trinajstić information content (AvgIpc) is 2.72. The smallest absolute Gasteiger partial charge is 0.341 e. The first-order valence-corrected chi connectivity index (χ1v) is 8.93. The zero-order chi connectivity index (χ0) is 21.0. The Labute approximate surface area is 170 Å². The minimum Gasteiger partial charge on any atom is -0.477 e. The van der Waals surface area contributed by atoms with Crippen LogP contribution in [0.2, 0.25) is 5.02 Å². The first-order valence-electron chi connectivity index (χ1n) is 8.56. The minimum absolute atomic E-state index is 0.000262. The van der Waals surface area contributed by atoms with Crippen LogP contribution < -0.4 is 10.2 Å². The van der Waals surface area contributed by atoms with Gasteiger partial charge in [-0.15, -0.1) is 0 Å². The molecule has 146 valence electrons. The summed E-state index contributed by atoms with van der Waals surface area (Å²) in [5, 5.41) is 18.9. The number of aromatic carboxylic acids is 1. The maximum atomic E-state index is 12.6. The molecule has 0 unspecified atom stereocenters. The lowest BCUT2D eigenvalue weighted by Crippen LogP contribution is -2.22. The van der Waals surface area contributed by atoms with Gasteiger partial charge in [0, 0.05) is 30.6 Å². The van der Waals surface area contributed by atoms with Crippen molar-refractivity contribution in [2.75, 3.05) is 0 Å². The molecule has 0 fully saturated rings. The first kappa shape index (κ1) is 20.0. The van der Waals surface area contributed by atoms with Crippen molar-refractivity contribution >= 4 is 17.6 Å². The second kappa shape index (κ2) is 8.54. The monoisotopic (exact) mass is 410 g/mol. The number of hydrogen-bond acceptors (Lipinski definition) is 6. The molecule has 0 radical (unpaired) electrons.